The van der Waals surface area contributed by atoms with E-state index in [0.717, 1.165) is 6.54 Å². The molecule has 0 radical (unpaired) electrons. The van der Waals surface area contributed by atoms with Crippen LogP contribution in [0.3, 0.4) is 0 Å². The normalized spacial score (nSPS) is 17.2. The lowest BCUT2D eigenvalue weighted by molar-refractivity contribution is 0.314. The third-order valence-corrected chi connectivity index (χ3v) is 3.74. The van der Waals surface area contributed by atoms with Crippen molar-refractivity contribution in [1.29, 1.82) is 0 Å². The molecule has 2 aromatic rings. The second kappa shape index (κ2) is 5.83. The van der Waals surface area contributed by atoms with Crippen molar-refractivity contribution < 1.29 is 5.21 Å². The number of rotatable bonds is 3. The van der Waals surface area contributed by atoms with Gasteiger partial charge < -0.3 is 10.1 Å². The molecule has 3 rings (SSSR count). The lowest BCUT2D eigenvalue weighted by Crippen LogP contribution is -2.41. The maximum absolute atomic E-state index is 8.90. The molecule has 0 bridgehead atoms. The summed E-state index contributed by atoms with van der Waals surface area (Å²) in [4.78, 5) is 2.17. The standard InChI is InChI=1S/C18H18N2O/c1-14-6-8-15(9-7-14)12-20-13-17-5-3-2-4-16(17)10-18(20)11-19-21/h2-11,13,18,21H,12H2,1H3/b19-11+. The lowest BCUT2D eigenvalue weighted by atomic mass is 10.1. The van der Waals surface area contributed by atoms with Crippen LogP contribution >= 0.6 is 0 Å². The molecule has 3 nitrogen and oxygen atoms in total. The van der Waals surface area contributed by atoms with Crippen LogP contribution in [-0.2, 0) is 6.54 Å². The monoisotopic (exact) mass is 278 g/mol. The van der Waals surface area contributed by atoms with Gasteiger partial charge in [-0.2, -0.15) is 0 Å². The molecule has 0 fully saturated rings. The molecule has 1 aliphatic heterocycles. The summed E-state index contributed by atoms with van der Waals surface area (Å²) >= 11 is 0. The van der Waals surface area contributed by atoms with Gasteiger partial charge in [0.15, 0.2) is 0 Å². The highest BCUT2D eigenvalue weighted by Crippen LogP contribution is 2.12. The number of hydrogen-bond donors (Lipinski definition) is 1. The smallest absolute Gasteiger partial charge is 0.0868 e. The van der Waals surface area contributed by atoms with Gasteiger partial charge in [-0.05, 0) is 29.0 Å². The molecule has 1 N–H and O–H groups in total. The molecule has 0 saturated heterocycles. The number of aryl methyl sites for hydroxylation is 1. The van der Waals surface area contributed by atoms with Crippen molar-refractivity contribution in [2.24, 2.45) is 5.16 Å². The SMILES string of the molecule is Cc1ccc(CN2C=c3ccccc3=CC2/C=N/O)cc1. The number of nitrogens with zero attached hydrogens (tertiary/aromatic N) is 2. The molecule has 2 aromatic carbocycles. The maximum atomic E-state index is 8.90. The number of benzene rings is 2. The number of oxime groups is 1. The fraction of sp³-hybridized carbons (Fsp3) is 0.167. The minimum atomic E-state index is -0.0359. The summed E-state index contributed by atoms with van der Waals surface area (Å²) in [5.41, 5.74) is 2.49. The Morgan fingerprint density at radius 1 is 1.10 bits per heavy atom. The van der Waals surface area contributed by atoms with Gasteiger partial charge in [-0.15, -0.1) is 0 Å². The topological polar surface area (TPSA) is 35.8 Å². The Hall–Kier alpha value is -2.55. The summed E-state index contributed by atoms with van der Waals surface area (Å²) in [5.74, 6) is 0. The van der Waals surface area contributed by atoms with Gasteiger partial charge in [0.05, 0.1) is 12.3 Å². The molecule has 0 saturated carbocycles. The minimum absolute atomic E-state index is 0.0359. The van der Waals surface area contributed by atoms with Crippen LogP contribution < -0.4 is 10.4 Å². The third kappa shape index (κ3) is 2.97. The highest BCUT2D eigenvalue weighted by Gasteiger charge is 2.14. The van der Waals surface area contributed by atoms with Crippen LogP contribution in [0.2, 0.25) is 0 Å². The molecule has 1 aliphatic rings. The van der Waals surface area contributed by atoms with Gasteiger partial charge >= 0.3 is 0 Å². The third-order valence-electron chi connectivity index (χ3n) is 3.74. The molecule has 0 aromatic heterocycles. The van der Waals surface area contributed by atoms with Gasteiger partial charge in [-0.3, -0.25) is 0 Å². The molecule has 21 heavy (non-hydrogen) atoms. The Kier molecular flexibility index (Phi) is 3.73. The van der Waals surface area contributed by atoms with Gasteiger partial charge in [0.25, 0.3) is 0 Å². The van der Waals surface area contributed by atoms with Crippen molar-refractivity contribution in [1.82, 2.24) is 4.90 Å². The molecule has 1 atom stereocenters. The summed E-state index contributed by atoms with van der Waals surface area (Å²) in [6.45, 7) is 2.86. The molecule has 106 valence electrons. The zero-order valence-electron chi connectivity index (χ0n) is 12.0. The average Bonchev–Trinajstić information content (AvgIpc) is 2.50. The molecular formula is C18H18N2O. The lowest BCUT2D eigenvalue weighted by Gasteiger charge is -2.28. The van der Waals surface area contributed by atoms with Crippen molar-refractivity contribution in [3.05, 3.63) is 70.1 Å². The Morgan fingerprint density at radius 2 is 1.81 bits per heavy atom. The molecule has 1 heterocycles. The van der Waals surface area contributed by atoms with Crippen LogP contribution in [0.4, 0.5) is 0 Å². The molecular weight excluding hydrogens is 260 g/mol. The fourth-order valence-corrected chi connectivity index (χ4v) is 2.58. The van der Waals surface area contributed by atoms with Crippen LogP contribution in [-0.4, -0.2) is 22.4 Å². The van der Waals surface area contributed by atoms with Gasteiger partial charge in [-0.1, -0.05) is 59.3 Å². The van der Waals surface area contributed by atoms with E-state index in [1.807, 2.05) is 12.1 Å². The summed E-state index contributed by atoms with van der Waals surface area (Å²) in [5, 5.41) is 14.5. The Labute approximate surface area is 124 Å². The Bertz CT molecular complexity index is 763. The first-order valence-corrected chi connectivity index (χ1v) is 7.04. The quantitative estimate of drug-likeness (QED) is 0.528. The Balaban J connectivity index is 1.95. The van der Waals surface area contributed by atoms with Gasteiger partial charge in [0.2, 0.25) is 0 Å². The van der Waals surface area contributed by atoms with Crippen molar-refractivity contribution in [3.8, 4) is 0 Å². The summed E-state index contributed by atoms with van der Waals surface area (Å²) in [6.07, 6.45) is 5.80. The van der Waals surface area contributed by atoms with E-state index in [1.54, 1.807) is 6.21 Å². The molecule has 0 aliphatic carbocycles. The summed E-state index contributed by atoms with van der Waals surface area (Å²) in [6, 6.07) is 16.7. The number of fused-ring (bicyclic) bond motifs is 1. The average molecular weight is 278 g/mol. The predicted octanol–water partition coefficient (Wildman–Crippen LogP) is 1.86. The molecule has 0 spiro atoms. The summed E-state index contributed by atoms with van der Waals surface area (Å²) in [7, 11) is 0. The van der Waals surface area contributed by atoms with Crippen LogP contribution in [0.15, 0.2) is 53.7 Å². The fourth-order valence-electron chi connectivity index (χ4n) is 2.58. The molecule has 1 unspecified atom stereocenters. The van der Waals surface area contributed by atoms with E-state index >= 15 is 0 Å². The van der Waals surface area contributed by atoms with Crippen molar-refractivity contribution in [2.45, 2.75) is 19.5 Å². The van der Waals surface area contributed by atoms with E-state index in [1.165, 1.54) is 21.6 Å². The van der Waals surface area contributed by atoms with Crippen LogP contribution in [0.25, 0.3) is 12.3 Å². The largest absolute Gasteiger partial charge is 0.411 e. The number of hydrogen-bond acceptors (Lipinski definition) is 3. The maximum Gasteiger partial charge on any atom is 0.0868 e. The van der Waals surface area contributed by atoms with Gasteiger partial charge in [0.1, 0.15) is 0 Å². The van der Waals surface area contributed by atoms with Crippen molar-refractivity contribution in [3.63, 3.8) is 0 Å². The second-order valence-electron chi connectivity index (χ2n) is 5.34. The minimum Gasteiger partial charge on any atom is -0.411 e. The first-order valence-electron chi connectivity index (χ1n) is 7.04. The van der Waals surface area contributed by atoms with E-state index in [-0.39, 0.29) is 6.04 Å². The Morgan fingerprint density at radius 3 is 2.52 bits per heavy atom. The summed E-state index contributed by atoms with van der Waals surface area (Å²) < 4.78 is 0. The highest BCUT2D eigenvalue weighted by molar-refractivity contribution is 5.75. The van der Waals surface area contributed by atoms with E-state index in [4.69, 9.17) is 5.21 Å². The first kappa shape index (κ1) is 13.4. The molecule has 3 heteroatoms. The first-order chi connectivity index (χ1) is 10.3. The van der Waals surface area contributed by atoms with E-state index < -0.39 is 0 Å². The van der Waals surface area contributed by atoms with Crippen molar-refractivity contribution in [2.75, 3.05) is 0 Å². The van der Waals surface area contributed by atoms with Crippen molar-refractivity contribution >= 4 is 18.5 Å². The van der Waals surface area contributed by atoms with E-state index in [2.05, 4.69) is 65.7 Å². The van der Waals surface area contributed by atoms with Crippen LogP contribution in [0, 0.1) is 6.92 Å². The zero-order chi connectivity index (χ0) is 14.7. The predicted molar refractivity (Wildman–Crippen MR) is 85.4 cm³/mol. The van der Waals surface area contributed by atoms with E-state index in [9.17, 15) is 0 Å². The van der Waals surface area contributed by atoms with E-state index in [0.29, 0.717) is 0 Å². The second-order valence-corrected chi connectivity index (χ2v) is 5.34. The van der Waals surface area contributed by atoms with Gasteiger partial charge in [-0.25, -0.2) is 0 Å². The van der Waals surface area contributed by atoms with Crippen LogP contribution in [0.5, 0.6) is 0 Å². The zero-order valence-corrected chi connectivity index (χ0v) is 12.0. The highest BCUT2D eigenvalue weighted by atomic mass is 16.4. The van der Waals surface area contributed by atoms with Gasteiger partial charge in [0, 0.05) is 12.7 Å². The van der Waals surface area contributed by atoms with Crippen LogP contribution in [0.1, 0.15) is 11.1 Å². The molecule has 0 amide bonds.